The molecule has 0 aliphatic carbocycles. The van der Waals surface area contributed by atoms with E-state index < -0.39 is 0 Å². The van der Waals surface area contributed by atoms with Gasteiger partial charge in [-0.25, -0.2) is 0 Å². The van der Waals surface area contributed by atoms with Gasteiger partial charge in [-0.1, -0.05) is 53.4 Å². The molecule has 19 heavy (non-hydrogen) atoms. The van der Waals surface area contributed by atoms with Crippen LogP contribution in [0.1, 0.15) is 72.6 Å². The van der Waals surface area contributed by atoms with E-state index in [2.05, 4.69) is 37.9 Å². The fourth-order valence-corrected chi connectivity index (χ4v) is 2.88. The van der Waals surface area contributed by atoms with E-state index in [0.717, 1.165) is 32.2 Å². The lowest BCUT2D eigenvalue weighted by atomic mass is 10.0. The number of unbranched alkanes of at least 4 members (excludes halogenated alkanes) is 3. The van der Waals surface area contributed by atoms with Gasteiger partial charge in [0.1, 0.15) is 0 Å². The molecule has 0 aromatic carbocycles. The van der Waals surface area contributed by atoms with Gasteiger partial charge in [0.05, 0.1) is 12.2 Å². The molecule has 0 aromatic rings. The molecule has 0 spiro atoms. The van der Waals surface area contributed by atoms with Gasteiger partial charge < -0.3 is 4.90 Å². The normalized spacial score (nSPS) is 23.6. The minimum Gasteiger partial charge on any atom is -0.326 e. The fourth-order valence-electron chi connectivity index (χ4n) is 2.88. The van der Waals surface area contributed by atoms with E-state index in [0.29, 0.717) is 11.8 Å². The fraction of sp³-hybridized carbons (Fsp3) is 0.938. The monoisotopic (exact) mass is 268 g/mol. The summed E-state index contributed by atoms with van der Waals surface area (Å²) in [7, 11) is 0. The second-order valence-corrected chi connectivity index (χ2v) is 6.25. The standard InChI is InChI=1S/C16H32N2O/c1-5-7-8-9-11-18-15(10-6-2)17-14(16(18)19)12-13(3)4/h13-15,17H,5-12H2,1-4H3. The highest BCUT2D eigenvalue weighted by molar-refractivity contribution is 5.84. The van der Waals surface area contributed by atoms with E-state index in [1.54, 1.807) is 0 Å². The Morgan fingerprint density at radius 2 is 1.89 bits per heavy atom. The summed E-state index contributed by atoms with van der Waals surface area (Å²) in [5.41, 5.74) is 0. The first kappa shape index (κ1) is 16.5. The van der Waals surface area contributed by atoms with Crippen LogP contribution >= 0.6 is 0 Å². The Labute approximate surface area is 119 Å². The van der Waals surface area contributed by atoms with Crippen molar-refractivity contribution in [3.63, 3.8) is 0 Å². The number of rotatable bonds is 9. The Bertz CT molecular complexity index is 265. The van der Waals surface area contributed by atoms with Crippen LogP contribution in [0.15, 0.2) is 0 Å². The quantitative estimate of drug-likeness (QED) is 0.649. The van der Waals surface area contributed by atoms with Gasteiger partial charge in [-0.3, -0.25) is 10.1 Å². The number of carbonyl (C=O) groups is 1. The summed E-state index contributed by atoms with van der Waals surface area (Å²) in [6.07, 6.45) is 8.37. The van der Waals surface area contributed by atoms with E-state index in [9.17, 15) is 4.79 Å². The number of nitrogens with one attached hydrogen (secondary N) is 1. The maximum Gasteiger partial charge on any atom is 0.241 e. The molecule has 1 amide bonds. The molecule has 0 saturated carbocycles. The highest BCUT2D eigenvalue weighted by atomic mass is 16.2. The molecule has 1 saturated heterocycles. The average molecular weight is 268 g/mol. The highest BCUT2D eigenvalue weighted by Gasteiger charge is 2.37. The van der Waals surface area contributed by atoms with Crippen LogP contribution in [0.25, 0.3) is 0 Å². The Hall–Kier alpha value is -0.570. The van der Waals surface area contributed by atoms with Crippen molar-refractivity contribution in [2.45, 2.75) is 84.8 Å². The molecule has 1 fully saturated rings. The maximum absolute atomic E-state index is 12.5. The van der Waals surface area contributed by atoms with E-state index in [-0.39, 0.29) is 12.2 Å². The first-order valence-corrected chi connectivity index (χ1v) is 8.16. The number of amides is 1. The van der Waals surface area contributed by atoms with Crippen LogP contribution in [0.4, 0.5) is 0 Å². The lowest BCUT2D eigenvalue weighted by molar-refractivity contribution is -0.130. The zero-order valence-corrected chi connectivity index (χ0v) is 13.2. The zero-order valence-electron chi connectivity index (χ0n) is 13.2. The van der Waals surface area contributed by atoms with Crippen LogP contribution in [0.2, 0.25) is 0 Å². The smallest absolute Gasteiger partial charge is 0.241 e. The molecular weight excluding hydrogens is 236 g/mol. The Kier molecular flexibility index (Phi) is 7.44. The lowest BCUT2D eigenvalue weighted by Gasteiger charge is -2.23. The van der Waals surface area contributed by atoms with Gasteiger partial charge in [-0.05, 0) is 25.2 Å². The first-order chi connectivity index (χ1) is 9.10. The highest BCUT2D eigenvalue weighted by Crippen LogP contribution is 2.20. The minimum absolute atomic E-state index is 0.0581. The minimum atomic E-state index is 0.0581. The van der Waals surface area contributed by atoms with Crippen molar-refractivity contribution >= 4 is 5.91 Å². The van der Waals surface area contributed by atoms with Crippen molar-refractivity contribution < 1.29 is 4.79 Å². The van der Waals surface area contributed by atoms with E-state index in [1.807, 2.05) is 0 Å². The van der Waals surface area contributed by atoms with Crippen LogP contribution in [0, 0.1) is 5.92 Å². The van der Waals surface area contributed by atoms with Crippen LogP contribution in [-0.2, 0) is 4.79 Å². The Morgan fingerprint density at radius 3 is 2.47 bits per heavy atom. The predicted octanol–water partition coefficient (Wildman–Crippen LogP) is 3.54. The summed E-state index contributed by atoms with van der Waals surface area (Å²) >= 11 is 0. The van der Waals surface area contributed by atoms with Crippen LogP contribution in [0.5, 0.6) is 0 Å². The molecule has 3 nitrogen and oxygen atoms in total. The largest absolute Gasteiger partial charge is 0.326 e. The predicted molar refractivity (Wildman–Crippen MR) is 80.9 cm³/mol. The molecule has 1 N–H and O–H groups in total. The molecule has 1 rings (SSSR count). The van der Waals surface area contributed by atoms with Gasteiger partial charge in [-0.2, -0.15) is 0 Å². The van der Waals surface area contributed by atoms with Crippen molar-refractivity contribution in [3.8, 4) is 0 Å². The number of hydrogen-bond donors (Lipinski definition) is 1. The Balaban J connectivity index is 2.50. The van der Waals surface area contributed by atoms with Crippen LogP contribution < -0.4 is 5.32 Å². The van der Waals surface area contributed by atoms with Crippen molar-refractivity contribution in [1.29, 1.82) is 0 Å². The Morgan fingerprint density at radius 1 is 1.16 bits per heavy atom. The molecule has 2 unspecified atom stereocenters. The van der Waals surface area contributed by atoms with Crippen molar-refractivity contribution in [2.24, 2.45) is 5.92 Å². The SMILES string of the molecule is CCCCCCN1C(=O)C(CC(C)C)NC1CCC. The molecule has 1 aliphatic rings. The topological polar surface area (TPSA) is 32.3 Å². The number of hydrogen-bond acceptors (Lipinski definition) is 2. The summed E-state index contributed by atoms with van der Waals surface area (Å²) in [4.78, 5) is 14.6. The number of nitrogens with zero attached hydrogens (tertiary/aromatic N) is 1. The molecule has 0 bridgehead atoms. The summed E-state index contributed by atoms with van der Waals surface area (Å²) in [5.74, 6) is 0.910. The van der Waals surface area contributed by atoms with Crippen molar-refractivity contribution in [1.82, 2.24) is 10.2 Å². The summed E-state index contributed by atoms with van der Waals surface area (Å²) in [5, 5.41) is 3.54. The van der Waals surface area contributed by atoms with E-state index >= 15 is 0 Å². The van der Waals surface area contributed by atoms with Gasteiger partial charge >= 0.3 is 0 Å². The molecule has 2 atom stereocenters. The average Bonchev–Trinajstić information content (AvgIpc) is 2.62. The molecule has 112 valence electrons. The lowest BCUT2D eigenvalue weighted by Crippen LogP contribution is -2.37. The van der Waals surface area contributed by atoms with Crippen molar-refractivity contribution in [3.05, 3.63) is 0 Å². The van der Waals surface area contributed by atoms with E-state index in [4.69, 9.17) is 0 Å². The summed E-state index contributed by atoms with van der Waals surface area (Å²) in [6.45, 7) is 9.73. The second-order valence-electron chi connectivity index (χ2n) is 6.25. The van der Waals surface area contributed by atoms with Crippen LogP contribution in [0.3, 0.4) is 0 Å². The van der Waals surface area contributed by atoms with Gasteiger partial charge in [-0.15, -0.1) is 0 Å². The van der Waals surface area contributed by atoms with Crippen LogP contribution in [-0.4, -0.2) is 29.6 Å². The van der Waals surface area contributed by atoms with Gasteiger partial charge in [0.15, 0.2) is 0 Å². The molecule has 1 heterocycles. The maximum atomic E-state index is 12.5. The molecule has 0 radical (unpaired) electrons. The second kappa shape index (κ2) is 8.57. The molecule has 3 heteroatoms. The molecular formula is C16H32N2O. The van der Waals surface area contributed by atoms with Gasteiger partial charge in [0, 0.05) is 6.54 Å². The summed E-state index contributed by atoms with van der Waals surface area (Å²) in [6, 6.07) is 0.0581. The van der Waals surface area contributed by atoms with Crippen molar-refractivity contribution in [2.75, 3.05) is 6.54 Å². The number of carbonyl (C=O) groups excluding carboxylic acids is 1. The third-order valence-electron chi connectivity index (χ3n) is 3.87. The summed E-state index contributed by atoms with van der Waals surface area (Å²) < 4.78 is 0. The van der Waals surface area contributed by atoms with Gasteiger partial charge in [0.2, 0.25) is 5.91 Å². The van der Waals surface area contributed by atoms with E-state index in [1.165, 1.54) is 19.3 Å². The first-order valence-electron chi connectivity index (χ1n) is 8.16. The molecule has 0 aromatic heterocycles. The van der Waals surface area contributed by atoms with Gasteiger partial charge in [0.25, 0.3) is 0 Å². The zero-order chi connectivity index (χ0) is 14.3. The molecule has 1 aliphatic heterocycles. The third-order valence-corrected chi connectivity index (χ3v) is 3.87. The third kappa shape index (κ3) is 5.13.